The first-order chi connectivity index (χ1) is 18.2. The quantitative estimate of drug-likeness (QED) is 0.208. The fraction of sp³-hybridized carbons (Fsp3) is 0.310. The lowest BCUT2D eigenvalue weighted by molar-refractivity contribution is -0.149. The number of nitrogens with two attached hydrogens (primary N) is 1. The van der Waals surface area contributed by atoms with Gasteiger partial charge in [-0.2, -0.15) is 5.10 Å². The van der Waals surface area contributed by atoms with Gasteiger partial charge in [-0.25, -0.2) is 4.98 Å². The third kappa shape index (κ3) is 3.50. The van der Waals surface area contributed by atoms with E-state index in [1.54, 1.807) is 0 Å². The number of hydrogen-bond acceptors (Lipinski definition) is 5. The van der Waals surface area contributed by atoms with Crippen molar-refractivity contribution in [1.29, 1.82) is 5.41 Å². The molecule has 1 aromatic carbocycles. The van der Waals surface area contributed by atoms with Crippen molar-refractivity contribution in [3.8, 4) is 22.4 Å². The number of aromatic nitrogens is 4. The van der Waals surface area contributed by atoms with Crippen molar-refractivity contribution < 1.29 is 4.79 Å². The van der Waals surface area contributed by atoms with Crippen LogP contribution in [0.25, 0.3) is 33.4 Å². The third-order valence-electron chi connectivity index (χ3n) is 8.26. The molecule has 2 fully saturated rings. The number of nitrogens with zero attached hydrogens (tertiary/aromatic N) is 5. The van der Waals surface area contributed by atoms with Crippen molar-refractivity contribution in [2.45, 2.75) is 32.7 Å². The van der Waals surface area contributed by atoms with Crippen LogP contribution in [0.3, 0.4) is 0 Å². The number of pyridine rings is 1. The van der Waals surface area contributed by atoms with Crippen LogP contribution >= 0.6 is 11.6 Å². The molecule has 0 unspecified atom stereocenters. The number of likely N-dealkylation sites (tertiary alicyclic amines) is 1. The number of fused-ring (bicyclic) bond motifs is 1. The Hall–Kier alpha value is -3.91. The highest BCUT2D eigenvalue weighted by molar-refractivity contribution is 6.35. The fourth-order valence-electron chi connectivity index (χ4n) is 6.31. The van der Waals surface area contributed by atoms with Crippen LogP contribution in [0.4, 0.5) is 5.69 Å². The Bertz CT molecular complexity index is 1650. The molecule has 38 heavy (non-hydrogen) atoms. The first kappa shape index (κ1) is 24.4. The normalized spacial score (nSPS) is 16.5. The Labute approximate surface area is 226 Å². The minimum absolute atomic E-state index is 0.00595. The molecule has 9 heteroatoms. The lowest BCUT2D eigenvalue weighted by atomic mass is 9.60. The van der Waals surface area contributed by atoms with Gasteiger partial charge < -0.3 is 20.6 Å². The van der Waals surface area contributed by atoms with E-state index in [1.807, 2.05) is 48.0 Å². The van der Waals surface area contributed by atoms with Crippen LogP contribution in [0.15, 0.2) is 43.2 Å². The molecule has 1 amide bonds. The lowest BCUT2D eigenvalue weighted by Gasteiger charge is -2.58. The predicted octanol–water partition coefficient (Wildman–Crippen LogP) is 5.30. The van der Waals surface area contributed by atoms with E-state index in [4.69, 9.17) is 32.8 Å². The van der Waals surface area contributed by atoms with E-state index in [9.17, 15) is 4.79 Å². The molecule has 6 rings (SSSR count). The van der Waals surface area contributed by atoms with E-state index in [0.717, 1.165) is 70.6 Å². The highest BCUT2D eigenvalue weighted by Gasteiger charge is 2.54. The summed E-state index contributed by atoms with van der Waals surface area (Å²) in [5.74, 6) is -0.00595. The van der Waals surface area contributed by atoms with Crippen LogP contribution in [0.1, 0.15) is 35.7 Å². The van der Waals surface area contributed by atoms with Crippen molar-refractivity contribution in [2.75, 3.05) is 18.8 Å². The average molecular weight is 528 g/mol. The molecule has 1 saturated heterocycles. The van der Waals surface area contributed by atoms with Gasteiger partial charge in [-0.15, -0.1) is 0 Å². The maximum absolute atomic E-state index is 12.0. The molecule has 1 aliphatic heterocycles. The Morgan fingerprint density at radius 1 is 1.26 bits per heavy atom. The molecule has 1 aliphatic carbocycles. The molecule has 3 N–H and O–H groups in total. The number of benzene rings is 1. The maximum Gasteiger partial charge on any atom is 0.245 e. The highest BCUT2D eigenvalue weighted by Crippen LogP contribution is 2.55. The molecule has 1 saturated carbocycles. The zero-order valence-corrected chi connectivity index (χ0v) is 22.5. The molecule has 3 aromatic heterocycles. The zero-order chi connectivity index (χ0) is 26.9. The van der Waals surface area contributed by atoms with E-state index < -0.39 is 0 Å². The molecule has 2 aliphatic rings. The van der Waals surface area contributed by atoms with Gasteiger partial charge >= 0.3 is 0 Å². The monoisotopic (exact) mass is 527 g/mol. The standard InChI is InChI=1S/C29H30ClN7O/c1-5-23(38)36-14-29(15-36)10-20(11-29)37-17(3)24(25-21(12-31)22(32)8-16(2)26(25)30)27(34-37)19-9-18-6-7-35(4)28(18)33-13-19/h5-9,12-13,20,31H,1,10-11,14-15,32H2,2-4H3. The minimum atomic E-state index is -0.00595. The largest absolute Gasteiger partial charge is 0.398 e. The number of nitrogens with one attached hydrogen (secondary N) is 1. The molecular weight excluding hydrogens is 498 g/mol. The van der Waals surface area contributed by atoms with E-state index in [-0.39, 0.29) is 17.4 Å². The van der Waals surface area contributed by atoms with Crippen molar-refractivity contribution in [2.24, 2.45) is 12.5 Å². The Morgan fingerprint density at radius 2 is 2.00 bits per heavy atom. The van der Waals surface area contributed by atoms with Gasteiger partial charge in [0.1, 0.15) is 11.3 Å². The topological polar surface area (TPSA) is 106 Å². The summed E-state index contributed by atoms with van der Waals surface area (Å²) in [7, 11) is 1.97. The van der Waals surface area contributed by atoms with Gasteiger partial charge in [-0.05, 0) is 56.5 Å². The summed E-state index contributed by atoms with van der Waals surface area (Å²) in [6.45, 7) is 9.12. The van der Waals surface area contributed by atoms with Crippen LogP contribution in [0.5, 0.6) is 0 Å². The number of rotatable bonds is 5. The number of nitrogen functional groups attached to an aromatic ring is 1. The van der Waals surface area contributed by atoms with Gasteiger partial charge in [-0.3, -0.25) is 9.48 Å². The molecule has 0 radical (unpaired) electrons. The van der Waals surface area contributed by atoms with Crippen LogP contribution in [0.2, 0.25) is 5.02 Å². The molecule has 4 aromatic rings. The van der Waals surface area contributed by atoms with Crippen LogP contribution in [-0.2, 0) is 11.8 Å². The Kier molecular flexibility index (Phi) is 5.50. The SMILES string of the molecule is C=CC(=O)N1CC2(CC(n3nc(-c4cnc5c(ccn5C)c4)c(-c4c(Cl)c(C)cc(N)c4C=N)c3C)C2)C1. The van der Waals surface area contributed by atoms with E-state index in [0.29, 0.717) is 16.3 Å². The summed E-state index contributed by atoms with van der Waals surface area (Å²) in [6.07, 6.45) is 8.40. The van der Waals surface area contributed by atoms with Gasteiger partial charge in [0.25, 0.3) is 0 Å². The first-order valence-corrected chi connectivity index (χ1v) is 13.1. The number of anilines is 1. The lowest BCUT2D eigenvalue weighted by Crippen LogP contribution is -2.63. The number of aryl methyl sites for hydroxylation is 2. The summed E-state index contributed by atoms with van der Waals surface area (Å²) in [5.41, 5.74) is 13.6. The second-order valence-corrected chi connectivity index (χ2v) is 11.2. The summed E-state index contributed by atoms with van der Waals surface area (Å²) < 4.78 is 4.09. The van der Waals surface area contributed by atoms with E-state index in [2.05, 4.69) is 24.3 Å². The molecular formula is C29H30ClN7O. The first-order valence-electron chi connectivity index (χ1n) is 12.7. The van der Waals surface area contributed by atoms with E-state index >= 15 is 0 Å². The summed E-state index contributed by atoms with van der Waals surface area (Å²) in [4.78, 5) is 18.5. The number of halogens is 1. The molecule has 0 atom stereocenters. The predicted molar refractivity (Wildman–Crippen MR) is 152 cm³/mol. The molecule has 4 heterocycles. The smallest absolute Gasteiger partial charge is 0.245 e. The van der Waals surface area contributed by atoms with Crippen molar-refractivity contribution in [3.63, 3.8) is 0 Å². The van der Waals surface area contributed by atoms with Gasteiger partial charge in [0.15, 0.2) is 0 Å². The van der Waals surface area contributed by atoms with Gasteiger partial charge in [0, 0.05) is 83.2 Å². The zero-order valence-electron chi connectivity index (χ0n) is 21.8. The fourth-order valence-corrected chi connectivity index (χ4v) is 6.56. The second kappa shape index (κ2) is 8.56. The van der Waals surface area contributed by atoms with Crippen molar-refractivity contribution >= 4 is 40.4 Å². The average Bonchev–Trinajstić information content (AvgIpc) is 3.38. The molecule has 8 nitrogen and oxygen atoms in total. The second-order valence-electron chi connectivity index (χ2n) is 10.8. The molecule has 194 valence electrons. The summed E-state index contributed by atoms with van der Waals surface area (Å²) in [5, 5.41) is 14.9. The van der Waals surface area contributed by atoms with Gasteiger partial charge in [-0.1, -0.05) is 18.2 Å². The third-order valence-corrected chi connectivity index (χ3v) is 8.75. The summed E-state index contributed by atoms with van der Waals surface area (Å²) >= 11 is 6.93. The Morgan fingerprint density at radius 3 is 2.68 bits per heavy atom. The molecule has 1 spiro atoms. The number of hydrogen-bond donors (Lipinski definition) is 2. The van der Waals surface area contributed by atoms with Gasteiger partial charge in [0.2, 0.25) is 5.91 Å². The number of amides is 1. The highest BCUT2D eigenvalue weighted by atomic mass is 35.5. The van der Waals surface area contributed by atoms with Crippen LogP contribution < -0.4 is 5.73 Å². The molecule has 0 bridgehead atoms. The van der Waals surface area contributed by atoms with Gasteiger partial charge in [0.05, 0.1) is 11.1 Å². The maximum atomic E-state index is 12.0. The van der Waals surface area contributed by atoms with Crippen LogP contribution in [-0.4, -0.2) is 49.4 Å². The number of carbonyl (C=O) groups is 1. The number of carbonyl (C=O) groups excluding carboxylic acids is 1. The van der Waals surface area contributed by atoms with Crippen molar-refractivity contribution in [3.05, 3.63) is 65.1 Å². The minimum Gasteiger partial charge on any atom is -0.398 e. The Balaban J connectivity index is 1.48. The van der Waals surface area contributed by atoms with Crippen molar-refractivity contribution in [1.82, 2.24) is 24.2 Å². The van der Waals surface area contributed by atoms with Crippen LogP contribution in [0, 0.1) is 24.7 Å². The summed E-state index contributed by atoms with van der Waals surface area (Å²) in [6, 6.07) is 6.16. The van der Waals surface area contributed by atoms with E-state index in [1.165, 1.54) is 12.3 Å².